The van der Waals surface area contributed by atoms with E-state index < -0.39 is 5.41 Å². The van der Waals surface area contributed by atoms with Gasteiger partial charge in [0.05, 0.1) is 11.1 Å². The second-order valence-corrected chi connectivity index (χ2v) is 15.9. The first-order valence-electron chi connectivity index (χ1n) is 17.5. The quantitative estimate of drug-likeness (QED) is 0.158. The van der Waals surface area contributed by atoms with E-state index in [2.05, 4.69) is 101 Å². The topological polar surface area (TPSA) is 93.7 Å². The first kappa shape index (κ1) is 32.6. The van der Waals surface area contributed by atoms with Crippen molar-refractivity contribution in [3.8, 4) is 11.3 Å². The van der Waals surface area contributed by atoms with Gasteiger partial charge in [-0.15, -0.1) is 11.3 Å². The first-order chi connectivity index (χ1) is 23.0. The van der Waals surface area contributed by atoms with E-state index in [9.17, 15) is 9.59 Å². The second-order valence-electron chi connectivity index (χ2n) is 14.9. The predicted molar refractivity (Wildman–Crippen MR) is 195 cm³/mol. The van der Waals surface area contributed by atoms with Gasteiger partial charge in [-0.2, -0.15) is 4.99 Å². The third kappa shape index (κ3) is 6.06. The molecule has 0 spiro atoms. The molecule has 252 valence electrons. The maximum atomic E-state index is 14.1. The van der Waals surface area contributed by atoms with Crippen LogP contribution < -0.4 is 5.32 Å². The van der Waals surface area contributed by atoms with E-state index in [-0.39, 0.29) is 17.7 Å². The highest BCUT2D eigenvalue weighted by Gasteiger charge is 2.47. The van der Waals surface area contributed by atoms with Gasteiger partial charge in [0.25, 0.3) is 0 Å². The van der Waals surface area contributed by atoms with E-state index in [0.29, 0.717) is 30.5 Å². The van der Waals surface area contributed by atoms with Gasteiger partial charge in [0.15, 0.2) is 0 Å². The zero-order chi connectivity index (χ0) is 33.7. The molecule has 3 saturated heterocycles. The highest BCUT2D eigenvalue weighted by Crippen LogP contribution is 2.46. The summed E-state index contributed by atoms with van der Waals surface area (Å²) in [6, 6.07) is 13.9. The Bertz CT molecular complexity index is 1830. The lowest BCUT2D eigenvalue weighted by molar-refractivity contribution is -0.137. The molecule has 9 heteroatoms. The van der Waals surface area contributed by atoms with Crippen LogP contribution in [-0.4, -0.2) is 69.3 Å². The summed E-state index contributed by atoms with van der Waals surface area (Å²) in [5.41, 5.74) is 6.63. The number of benzene rings is 1. The Morgan fingerprint density at radius 3 is 2.35 bits per heavy atom. The Hall–Kier alpha value is -3.98. The Balaban J connectivity index is 1.19. The molecule has 6 heterocycles. The Morgan fingerprint density at radius 2 is 1.71 bits per heavy atom. The number of nitrogens with zero attached hydrogens (tertiary/aromatic N) is 4. The van der Waals surface area contributed by atoms with Crippen LogP contribution in [0.25, 0.3) is 21.5 Å². The van der Waals surface area contributed by atoms with Gasteiger partial charge < -0.3 is 20.1 Å². The summed E-state index contributed by atoms with van der Waals surface area (Å²) in [6.45, 7) is 14.5. The molecule has 4 aromatic rings. The molecule has 2 amide bonds. The zero-order valence-corrected chi connectivity index (χ0v) is 29.9. The van der Waals surface area contributed by atoms with Gasteiger partial charge >= 0.3 is 0 Å². The van der Waals surface area contributed by atoms with Crippen LogP contribution in [0.4, 0.5) is 0 Å². The van der Waals surface area contributed by atoms with Crippen molar-refractivity contribution in [2.24, 2.45) is 4.99 Å². The molecule has 1 aromatic carbocycles. The summed E-state index contributed by atoms with van der Waals surface area (Å²) >= 11 is 1.72. The number of fused-ring (bicyclic) bond motifs is 3. The lowest BCUT2D eigenvalue weighted by atomic mass is 9.88. The molecular weight excluding hydrogens is 617 g/mol. The normalized spacial score (nSPS) is 21.8. The van der Waals surface area contributed by atoms with E-state index in [1.165, 1.54) is 40.1 Å². The van der Waals surface area contributed by atoms with Crippen LogP contribution >= 0.6 is 11.3 Å². The number of aliphatic imine (C=N–C) groups is 1. The van der Waals surface area contributed by atoms with Crippen LogP contribution in [0.3, 0.4) is 0 Å². The van der Waals surface area contributed by atoms with Gasteiger partial charge in [0, 0.05) is 73.1 Å². The van der Waals surface area contributed by atoms with Gasteiger partial charge in [0.1, 0.15) is 4.83 Å². The van der Waals surface area contributed by atoms with Gasteiger partial charge in [-0.3, -0.25) is 14.6 Å². The molecule has 3 fully saturated rings. The number of rotatable bonds is 7. The smallest absolute Gasteiger partial charge is 0.245 e. The number of amides is 2. The van der Waals surface area contributed by atoms with Crippen LogP contribution in [0.15, 0.2) is 53.8 Å². The van der Waals surface area contributed by atoms with E-state index in [0.717, 1.165) is 60.6 Å². The van der Waals surface area contributed by atoms with Crippen LogP contribution in [0.5, 0.6) is 0 Å². The largest absolute Gasteiger partial charge is 0.355 e. The lowest BCUT2D eigenvalue weighted by Crippen LogP contribution is -2.45. The molecule has 3 aliphatic heterocycles. The molecule has 3 aliphatic rings. The average molecular weight is 665 g/mol. The molecule has 8 nitrogen and oxygen atoms in total. The number of H-pyrrole nitrogens is 1. The third-order valence-corrected chi connectivity index (χ3v) is 12.2. The van der Waals surface area contributed by atoms with Crippen LogP contribution in [0, 0.1) is 13.8 Å². The molecule has 7 rings (SSSR count). The molecule has 0 aliphatic carbocycles. The number of carbonyl (C=O) groups is 2. The second kappa shape index (κ2) is 12.8. The fourth-order valence-corrected chi connectivity index (χ4v) is 9.59. The average Bonchev–Trinajstić information content (AvgIpc) is 3.89. The molecule has 0 radical (unpaired) electrons. The molecule has 48 heavy (non-hydrogen) atoms. The maximum absolute atomic E-state index is 14.1. The van der Waals surface area contributed by atoms with Crippen LogP contribution in [0.1, 0.15) is 98.8 Å². The van der Waals surface area contributed by atoms with Crippen molar-refractivity contribution >= 4 is 39.3 Å². The Morgan fingerprint density at radius 1 is 1.04 bits per heavy atom. The van der Waals surface area contributed by atoms with Crippen molar-refractivity contribution in [1.82, 2.24) is 25.1 Å². The number of aryl methyl sites for hydroxylation is 2. The number of guanidine groups is 1. The minimum Gasteiger partial charge on any atom is -0.355 e. The number of aromatic amines is 1. The zero-order valence-electron chi connectivity index (χ0n) is 29.1. The number of hydrogen-bond donors (Lipinski definition) is 2. The summed E-state index contributed by atoms with van der Waals surface area (Å²) < 4.78 is 0. The summed E-state index contributed by atoms with van der Waals surface area (Å²) in [5.74, 6) is 1.15. The summed E-state index contributed by atoms with van der Waals surface area (Å²) in [7, 11) is 0. The third-order valence-electron chi connectivity index (χ3n) is 10.9. The Labute approximate surface area is 288 Å². The van der Waals surface area contributed by atoms with E-state index in [4.69, 9.17) is 0 Å². The SMILES string of the molecule is CC(=O)/N=C(/NC[C@@H](C)c1c(-c2cc(C)cc(C)c2)[nH]c2sc(C(C)(C)C(=O)N3C4CCC3CC4)cc12)N1CCC(c2ccncc2)C1. The maximum Gasteiger partial charge on any atom is 0.245 e. The van der Waals surface area contributed by atoms with Crippen molar-refractivity contribution in [3.63, 3.8) is 0 Å². The number of likely N-dealkylation sites (tertiary alicyclic amines) is 1. The van der Waals surface area contributed by atoms with Crippen molar-refractivity contribution in [2.45, 2.75) is 103 Å². The molecule has 0 saturated carbocycles. The number of nitrogens with one attached hydrogen (secondary N) is 2. The van der Waals surface area contributed by atoms with Crippen molar-refractivity contribution in [1.29, 1.82) is 0 Å². The number of aromatic nitrogens is 2. The van der Waals surface area contributed by atoms with E-state index in [1.54, 1.807) is 11.3 Å². The fraction of sp³-hybridized carbons (Fsp3) is 0.487. The number of thiophene rings is 1. The first-order valence-corrected chi connectivity index (χ1v) is 18.4. The molecule has 2 atom stereocenters. The predicted octanol–water partition coefficient (Wildman–Crippen LogP) is 7.42. The van der Waals surface area contributed by atoms with Crippen LogP contribution in [0.2, 0.25) is 0 Å². The minimum atomic E-state index is -0.600. The van der Waals surface area contributed by atoms with Gasteiger partial charge in [-0.1, -0.05) is 24.1 Å². The molecule has 1 unspecified atom stereocenters. The molecular formula is C39H48N6O2S. The minimum absolute atomic E-state index is 0.0843. The van der Waals surface area contributed by atoms with Crippen molar-refractivity contribution in [2.75, 3.05) is 19.6 Å². The highest BCUT2D eigenvalue weighted by atomic mass is 32.1. The standard InChI is InChI=1S/C39H48N6O2S/c1-23-17-24(2)19-29(18-23)35-34(25(3)21-41-38(42-26(4)46)44-16-13-28(22-44)27-11-14-40-15-12-27)32-20-33(48-36(32)43-35)39(5,6)37(47)45-30-7-8-31(45)10-9-30/h11-12,14-15,17-20,25,28,30-31,43H,7-10,13,16,21-22H2,1-6H3,(H,41,42,46)/t25-,28?,30?,31?/m1/s1. The number of pyridine rings is 1. The van der Waals surface area contributed by atoms with E-state index in [1.807, 2.05) is 12.4 Å². The number of carbonyl (C=O) groups excluding carboxylic acids is 2. The van der Waals surface area contributed by atoms with Gasteiger partial charge in [-0.05, 0) is 107 Å². The Kier molecular flexibility index (Phi) is 8.69. The summed E-state index contributed by atoms with van der Waals surface area (Å²) in [4.78, 5) is 45.5. The fourth-order valence-electron chi connectivity index (χ4n) is 8.42. The van der Waals surface area contributed by atoms with Crippen molar-refractivity contribution in [3.05, 3.63) is 75.9 Å². The molecule has 2 bridgehead atoms. The summed E-state index contributed by atoms with van der Waals surface area (Å²) in [6.07, 6.45) is 9.25. The van der Waals surface area contributed by atoms with Gasteiger partial charge in [0.2, 0.25) is 17.8 Å². The lowest BCUT2D eigenvalue weighted by Gasteiger charge is -2.31. The highest BCUT2D eigenvalue weighted by molar-refractivity contribution is 7.19. The van der Waals surface area contributed by atoms with Crippen molar-refractivity contribution < 1.29 is 9.59 Å². The monoisotopic (exact) mass is 664 g/mol. The molecule has 3 aromatic heterocycles. The molecule has 2 N–H and O–H groups in total. The number of hydrogen-bond acceptors (Lipinski definition) is 4. The van der Waals surface area contributed by atoms with Gasteiger partial charge in [-0.25, -0.2) is 0 Å². The van der Waals surface area contributed by atoms with Crippen LogP contribution in [-0.2, 0) is 15.0 Å². The van der Waals surface area contributed by atoms with E-state index >= 15 is 0 Å². The summed E-state index contributed by atoms with van der Waals surface area (Å²) in [5, 5.41) is 4.77.